The van der Waals surface area contributed by atoms with Crippen molar-refractivity contribution in [2.75, 3.05) is 12.4 Å². The second kappa shape index (κ2) is 9.02. The molecule has 7 heteroatoms. The average molecular weight is 455 g/mol. The van der Waals surface area contributed by atoms with Crippen molar-refractivity contribution < 1.29 is 14.3 Å². The van der Waals surface area contributed by atoms with Gasteiger partial charge in [0.2, 0.25) is 11.8 Å². The molecule has 34 heavy (non-hydrogen) atoms. The van der Waals surface area contributed by atoms with Gasteiger partial charge in [-0.05, 0) is 36.8 Å². The summed E-state index contributed by atoms with van der Waals surface area (Å²) in [6.07, 6.45) is 0.00140. The van der Waals surface area contributed by atoms with E-state index in [2.05, 4.69) is 5.32 Å². The first-order valence-electron chi connectivity index (χ1n) is 11.3. The van der Waals surface area contributed by atoms with Gasteiger partial charge in [-0.2, -0.15) is 0 Å². The van der Waals surface area contributed by atoms with E-state index >= 15 is 0 Å². The van der Waals surface area contributed by atoms with E-state index in [1.54, 1.807) is 19.2 Å². The molecular weight excluding hydrogens is 428 g/mol. The molecule has 0 spiro atoms. The number of rotatable bonds is 6. The smallest absolute Gasteiger partial charge is 0.247 e. The molecule has 0 fully saturated rings. The lowest BCUT2D eigenvalue weighted by Gasteiger charge is -2.38. The summed E-state index contributed by atoms with van der Waals surface area (Å²) in [5, 5.41) is 2.91. The SMILES string of the molecule is COc1cccc(NC(=O)C[C@@H]2C(=O)N(Cc3ccccc3)[C@H](C)c3nc4ccccc4n32)c1. The van der Waals surface area contributed by atoms with Crippen LogP contribution in [0.4, 0.5) is 5.69 Å². The number of nitrogens with one attached hydrogen (secondary N) is 1. The van der Waals surface area contributed by atoms with Gasteiger partial charge >= 0.3 is 0 Å². The number of hydrogen-bond acceptors (Lipinski definition) is 4. The fraction of sp³-hybridized carbons (Fsp3) is 0.222. The Kier molecular flexibility index (Phi) is 5.76. The van der Waals surface area contributed by atoms with Crippen LogP contribution in [-0.4, -0.2) is 33.4 Å². The third-order valence-electron chi connectivity index (χ3n) is 6.27. The lowest BCUT2D eigenvalue weighted by Crippen LogP contribution is -2.45. The van der Waals surface area contributed by atoms with Crippen LogP contribution in [0.1, 0.15) is 36.8 Å². The van der Waals surface area contributed by atoms with Crippen LogP contribution in [0.15, 0.2) is 78.9 Å². The molecule has 1 aliphatic heterocycles. The summed E-state index contributed by atoms with van der Waals surface area (Å²) in [5.74, 6) is 1.10. The maximum absolute atomic E-state index is 13.8. The zero-order valence-electron chi connectivity index (χ0n) is 19.1. The standard InChI is InChI=1S/C27H26N4O3/c1-18-26-29-22-13-6-7-14-23(22)31(26)24(27(33)30(18)17-19-9-4-3-5-10-19)16-25(32)28-20-11-8-12-21(15-20)34-2/h3-15,18,24H,16-17H2,1-2H3,(H,28,32)/t18-,24-/m1/s1. The first-order valence-corrected chi connectivity index (χ1v) is 11.3. The van der Waals surface area contributed by atoms with E-state index in [4.69, 9.17) is 9.72 Å². The van der Waals surface area contributed by atoms with Crippen LogP contribution in [0.25, 0.3) is 11.0 Å². The van der Waals surface area contributed by atoms with Crippen molar-refractivity contribution in [1.82, 2.24) is 14.5 Å². The number of carbonyl (C=O) groups is 2. The molecule has 0 radical (unpaired) electrons. The Bertz CT molecular complexity index is 1350. The monoisotopic (exact) mass is 454 g/mol. The van der Waals surface area contributed by atoms with Crippen molar-refractivity contribution in [3.63, 3.8) is 0 Å². The summed E-state index contributed by atoms with van der Waals surface area (Å²) in [7, 11) is 1.58. The zero-order chi connectivity index (χ0) is 23.7. The molecule has 1 N–H and O–H groups in total. The van der Waals surface area contributed by atoms with Gasteiger partial charge in [0, 0.05) is 18.3 Å². The Labute approximate surface area is 198 Å². The summed E-state index contributed by atoms with van der Waals surface area (Å²) in [5.41, 5.74) is 3.33. The highest BCUT2D eigenvalue weighted by molar-refractivity contribution is 5.96. The summed E-state index contributed by atoms with van der Waals surface area (Å²) in [6.45, 7) is 2.45. The van der Waals surface area contributed by atoms with Gasteiger partial charge in [0.15, 0.2) is 0 Å². The number of methoxy groups -OCH3 is 1. The molecule has 5 rings (SSSR count). The van der Waals surface area contributed by atoms with Crippen LogP contribution < -0.4 is 10.1 Å². The van der Waals surface area contributed by atoms with Gasteiger partial charge in [0.05, 0.1) is 30.6 Å². The van der Waals surface area contributed by atoms with Crippen LogP contribution in [-0.2, 0) is 16.1 Å². The molecule has 2 atom stereocenters. The minimum absolute atomic E-state index is 0.00140. The van der Waals surface area contributed by atoms with Gasteiger partial charge in [-0.1, -0.05) is 48.5 Å². The Balaban J connectivity index is 1.49. The molecule has 0 aliphatic carbocycles. The molecule has 0 saturated heterocycles. The normalized spacial score (nSPS) is 17.5. The molecule has 172 valence electrons. The Morgan fingerprint density at radius 3 is 2.59 bits per heavy atom. The molecule has 2 amide bonds. The van der Waals surface area contributed by atoms with Crippen molar-refractivity contribution >= 4 is 28.5 Å². The number of aromatic nitrogens is 2. The lowest BCUT2D eigenvalue weighted by molar-refractivity contribution is -0.142. The van der Waals surface area contributed by atoms with Gasteiger partial charge in [-0.3, -0.25) is 9.59 Å². The number of fused-ring (bicyclic) bond motifs is 3. The topological polar surface area (TPSA) is 76.5 Å². The number of benzene rings is 3. The third-order valence-corrected chi connectivity index (χ3v) is 6.27. The van der Waals surface area contributed by atoms with Crippen molar-refractivity contribution in [2.45, 2.75) is 32.0 Å². The molecule has 0 saturated carbocycles. The molecule has 4 aromatic rings. The van der Waals surface area contributed by atoms with Gasteiger partial charge < -0.3 is 19.5 Å². The number of imidazole rings is 1. The van der Waals surface area contributed by atoms with Crippen molar-refractivity contribution in [3.8, 4) is 5.75 Å². The molecular formula is C27H26N4O3. The predicted molar refractivity (Wildman–Crippen MR) is 130 cm³/mol. The minimum atomic E-state index is -0.687. The maximum atomic E-state index is 13.8. The van der Waals surface area contributed by atoms with E-state index in [1.165, 1.54) is 0 Å². The van der Waals surface area contributed by atoms with E-state index < -0.39 is 6.04 Å². The highest BCUT2D eigenvalue weighted by Crippen LogP contribution is 2.37. The maximum Gasteiger partial charge on any atom is 0.247 e. The predicted octanol–water partition coefficient (Wildman–Crippen LogP) is 4.72. The van der Waals surface area contributed by atoms with Crippen LogP contribution in [0.3, 0.4) is 0 Å². The average Bonchev–Trinajstić information content (AvgIpc) is 3.25. The quantitative estimate of drug-likeness (QED) is 0.457. The second-order valence-electron chi connectivity index (χ2n) is 8.46. The first-order chi connectivity index (χ1) is 16.5. The summed E-state index contributed by atoms with van der Waals surface area (Å²) >= 11 is 0. The number of para-hydroxylation sites is 2. The number of carbonyl (C=O) groups excluding carboxylic acids is 2. The zero-order valence-corrected chi connectivity index (χ0v) is 19.1. The summed E-state index contributed by atoms with van der Waals surface area (Å²) in [4.78, 5) is 33.6. The van der Waals surface area contributed by atoms with Gasteiger partial charge in [0.1, 0.15) is 17.6 Å². The van der Waals surface area contributed by atoms with Crippen LogP contribution in [0, 0.1) is 0 Å². The van der Waals surface area contributed by atoms with Gasteiger partial charge in [-0.25, -0.2) is 4.98 Å². The van der Waals surface area contributed by atoms with Crippen LogP contribution in [0.5, 0.6) is 5.75 Å². The first kappa shape index (κ1) is 21.7. The number of hydrogen-bond donors (Lipinski definition) is 1. The van der Waals surface area contributed by atoms with E-state index in [-0.39, 0.29) is 24.3 Å². The molecule has 0 bridgehead atoms. The largest absolute Gasteiger partial charge is 0.497 e. The second-order valence-corrected chi connectivity index (χ2v) is 8.46. The third kappa shape index (κ3) is 4.01. The van der Waals surface area contributed by atoms with Crippen LogP contribution >= 0.6 is 0 Å². The fourth-order valence-electron chi connectivity index (χ4n) is 4.58. The highest BCUT2D eigenvalue weighted by atomic mass is 16.5. The minimum Gasteiger partial charge on any atom is -0.497 e. The van der Waals surface area contributed by atoms with E-state index in [9.17, 15) is 9.59 Å². The summed E-state index contributed by atoms with van der Waals surface area (Å²) < 4.78 is 7.19. The Morgan fingerprint density at radius 1 is 1.03 bits per heavy atom. The number of anilines is 1. The molecule has 1 aliphatic rings. The van der Waals surface area contributed by atoms with Crippen molar-refractivity contribution in [3.05, 3.63) is 90.3 Å². The lowest BCUT2D eigenvalue weighted by atomic mass is 10.0. The molecule has 0 unspecified atom stereocenters. The van der Waals surface area contributed by atoms with Crippen molar-refractivity contribution in [2.24, 2.45) is 0 Å². The molecule has 2 heterocycles. The van der Waals surface area contributed by atoms with Gasteiger partial charge in [0.25, 0.3) is 0 Å². The molecule has 3 aromatic carbocycles. The summed E-state index contributed by atoms with van der Waals surface area (Å²) in [6, 6.07) is 23.9. The Hall–Kier alpha value is -4.13. The van der Waals surface area contributed by atoms with E-state index in [0.717, 1.165) is 22.4 Å². The van der Waals surface area contributed by atoms with Gasteiger partial charge in [-0.15, -0.1) is 0 Å². The highest BCUT2D eigenvalue weighted by Gasteiger charge is 2.40. The molecule has 7 nitrogen and oxygen atoms in total. The molecule has 1 aromatic heterocycles. The van der Waals surface area contributed by atoms with Crippen LogP contribution in [0.2, 0.25) is 0 Å². The number of nitrogens with zero attached hydrogens (tertiary/aromatic N) is 3. The number of amides is 2. The van der Waals surface area contributed by atoms with Crippen molar-refractivity contribution in [1.29, 1.82) is 0 Å². The fourth-order valence-corrected chi connectivity index (χ4v) is 4.58. The van der Waals surface area contributed by atoms with E-state index in [0.29, 0.717) is 18.0 Å². The van der Waals surface area contributed by atoms with E-state index in [1.807, 2.05) is 83.1 Å². The Morgan fingerprint density at radius 2 is 1.79 bits per heavy atom. The number of ether oxygens (including phenoxy) is 1.